The zero-order valence-corrected chi connectivity index (χ0v) is 12.7. The van der Waals surface area contributed by atoms with E-state index in [2.05, 4.69) is 38.4 Å². The molecule has 0 unspecified atom stereocenters. The van der Waals surface area contributed by atoms with E-state index in [0.29, 0.717) is 0 Å². The highest BCUT2D eigenvalue weighted by Gasteiger charge is 2.16. The first-order valence-electron chi connectivity index (χ1n) is 6.25. The molecule has 0 aliphatic carbocycles. The third kappa shape index (κ3) is 4.54. The predicted octanol–water partition coefficient (Wildman–Crippen LogP) is 4.77. The van der Waals surface area contributed by atoms with E-state index in [1.165, 1.54) is 11.1 Å². The van der Waals surface area contributed by atoms with Gasteiger partial charge >= 0.3 is 0 Å². The molecule has 0 N–H and O–H groups in total. The van der Waals surface area contributed by atoms with Gasteiger partial charge in [0.1, 0.15) is 13.1 Å². The van der Waals surface area contributed by atoms with Crippen molar-refractivity contribution in [3.8, 4) is 0 Å². The Balaban J connectivity index is 2.05. The highest BCUT2D eigenvalue weighted by atomic mass is 35.5. The van der Waals surface area contributed by atoms with Gasteiger partial charge in [-0.1, -0.05) is 47.5 Å². The zero-order valence-electron chi connectivity index (χ0n) is 11.2. The second-order valence-corrected chi connectivity index (χ2v) is 6.38. The molecule has 100 valence electrons. The van der Waals surface area contributed by atoms with E-state index in [-0.39, 0.29) is 0 Å². The molecule has 2 aromatic carbocycles. The van der Waals surface area contributed by atoms with Gasteiger partial charge in [-0.15, -0.1) is 0 Å². The predicted molar refractivity (Wildman–Crippen MR) is 82.4 cm³/mol. The van der Waals surface area contributed by atoms with Crippen molar-refractivity contribution in [2.75, 3.05) is 14.1 Å². The van der Waals surface area contributed by atoms with E-state index in [0.717, 1.165) is 27.6 Å². The van der Waals surface area contributed by atoms with Crippen LogP contribution in [0.5, 0.6) is 0 Å². The lowest BCUT2D eigenvalue weighted by Crippen LogP contribution is -2.37. The normalized spacial score (nSPS) is 11.6. The van der Waals surface area contributed by atoms with Crippen molar-refractivity contribution in [1.29, 1.82) is 0 Å². The summed E-state index contributed by atoms with van der Waals surface area (Å²) in [4.78, 5) is 0. The number of nitrogens with zero attached hydrogens (tertiary/aromatic N) is 1. The van der Waals surface area contributed by atoms with Crippen LogP contribution < -0.4 is 0 Å². The first-order valence-corrected chi connectivity index (χ1v) is 7.01. The lowest BCUT2D eigenvalue weighted by atomic mass is 10.1. The van der Waals surface area contributed by atoms with E-state index in [4.69, 9.17) is 23.2 Å². The van der Waals surface area contributed by atoms with E-state index < -0.39 is 0 Å². The molecule has 2 rings (SSSR count). The monoisotopic (exact) mass is 294 g/mol. The van der Waals surface area contributed by atoms with Crippen molar-refractivity contribution < 1.29 is 4.48 Å². The Morgan fingerprint density at radius 3 is 1.32 bits per heavy atom. The van der Waals surface area contributed by atoms with Crippen molar-refractivity contribution in [1.82, 2.24) is 0 Å². The summed E-state index contributed by atoms with van der Waals surface area (Å²) in [6, 6.07) is 16.1. The fourth-order valence-electron chi connectivity index (χ4n) is 2.22. The van der Waals surface area contributed by atoms with Gasteiger partial charge in [-0.3, -0.25) is 0 Å². The van der Waals surface area contributed by atoms with Crippen LogP contribution in [0.25, 0.3) is 0 Å². The van der Waals surface area contributed by atoms with Gasteiger partial charge in [0, 0.05) is 21.2 Å². The molecule has 0 bridgehead atoms. The summed E-state index contributed by atoms with van der Waals surface area (Å²) in [5, 5.41) is 1.57. The maximum absolute atomic E-state index is 5.91. The molecule has 2 aromatic rings. The van der Waals surface area contributed by atoms with Crippen LogP contribution in [-0.4, -0.2) is 18.6 Å². The number of hydrogen-bond donors (Lipinski definition) is 0. The van der Waals surface area contributed by atoms with Gasteiger partial charge in [0.2, 0.25) is 0 Å². The number of quaternary nitrogens is 1. The summed E-state index contributed by atoms with van der Waals surface area (Å²) >= 11 is 11.8. The topological polar surface area (TPSA) is 0 Å². The molecule has 0 saturated heterocycles. The highest BCUT2D eigenvalue weighted by Crippen LogP contribution is 2.18. The second kappa shape index (κ2) is 5.96. The quantitative estimate of drug-likeness (QED) is 0.713. The SMILES string of the molecule is C[N+](C)(Cc1ccc(Cl)cc1)Cc1ccc(Cl)cc1. The Hall–Kier alpha value is -1.02. The summed E-state index contributed by atoms with van der Waals surface area (Å²) < 4.78 is 0.892. The minimum absolute atomic E-state index is 0.784. The van der Waals surface area contributed by atoms with Gasteiger partial charge in [-0.25, -0.2) is 0 Å². The van der Waals surface area contributed by atoms with Crippen LogP contribution in [-0.2, 0) is 13.1 Å². The Labute approximate surface area is 125 Å². The molecule has 3 heteroatoms. The zero-order chi connectivity index (χ0) is 13.9. The van der Waals surface area contributed by atoms with Crippen molar-refractivity contribution in [3.63, 3.8) is 0 Å². The number of benzene rings is 2. The van der Waals surface area contributed by atoms with Gasteiger partial charge in [0.15, 0.2) is 0 Å². The largest absolute Gasteiger partial charge is 0.321 e. The Morgan fingerprint density at radius 2 is 1.00 bits per heavy atom. The molecular weight excluding hydrogens is 277 g/mol. The molecule has 19 heavy (non-hydrogen) atoms. The Morgan fingerprint density at radius 1 is 0.684 bits per heavy atom. The average molecular weight is 295 g/mol. The first-order chi connectivity index (χ1) is 8.94. The van der Waals surface area contributed by atoms with Crippen LogP contribution >= 0.6 is 23.2 Å². The maximum atomic E-state index is 5.91. The third-order valence-electron chi connectivity index (χ3n) is 3.05. The molecule has 0 radical (unpaired) electrons. The summed E-state index contributed by atoms with van der Waals surface area (Å²) in [6.45, 7) is 1.94. The molecule has 0 aliphatic heterocycles. The summed E-state index contributed by atoms with van der Waals surface area (Å²) in [5.41, 5.74) is 2.59. The van der Waals surface area contributed by atoms with Crippen molar-refractivity contribution >= 4 is 23.2 Å². The van der Waals surface area contributed by atoms with Crippen molar-refractivity contribution in [2.45, 2.75) is 13.1 Å². The van der Waals surface area contributed by atoms with Gasteiger partial charge in [0.05, 0.1) is 14.1 Å². The third-order valence-corrected chi connectivity index (χ3v) is 3.55. The molecule has 0 amide bonds. The lowest BCUT2D eigenvalue weighted by molar-refractivity contribution is -0.916. The average Bonchev–Trinajstić information content (AvgIpc) is 2.34. The Bertz CT molecular complexity index is 480. The van der Waals surface area contributed by atoms with Crippen molar-refractivity contribution in [2.24, 2.45) is 0 Å². The molecule has 0 atom stereocenters. The number of hydrogen-bond acceptors (Lipinski definition) is 0. The molecule has 0 saturated carbocycles. The number of halogens is 2. The van der Waals surface area contributed by atoms with E-state index in [1.807, 2.05) is 24.3 Å². The minimum Gasteiger partial charge on any atom is -0.321 e. The van der Waals surface area contributed by atoms with Gasteiger partial charge in [0.25, 0.3) is 0 Å². The highest BCUT2D eigenvalue weighted by molar-refractivity contribution is 6.30. The van der Waals surface area contributed by atoms with Crippen LogP contribution in [0.1, 0.15) is 11.1 Å². The van der Waals surface area contributed by atoms with Crippen LogP contribution in [0.3, 0.4) is 0 Å². The van der Waals surface area contributed by atoms with Crippen LogP contribution in [0.2, 0.25) is 10.0 Å². The van der Waals surface area contributed by atoms with Gasteiger partial charge < -0.3 is 4.48 Å². The lowest BCUT2D eigenvalue weighted by Gasteiger charge is -2.30. The van der Waals surface area contributed by atoms with E-state index in [9.17, 15) is 0 Å². The van der Waals surface area contributed by atoms with E-state index in [1.54, 1.807) is 0 Å². The second-order valence-electron chi connectivity index (χ2n) is 5.50. The smallest absolute Gasteiger partial charge is 0.104 e. The molecule has 0 fully saturated rings. The van der Waals surface area contributed by atoms with Crippen LogP contribution in [0.15, 0.2) is 48.5 Å². The van der Waals surface area contributed by atoms with Crippen molar-refractivity contribution in [3.05, 3.63) is 69.7 Å². The standard InChI is InChI=1S/C16H18Cl2N/c1-19(2,11-13-3-7-15(17)8-4-13)12-14-5-9-16(18)10-6-14/h3-10H,11-12H2,1-2H3/q+1. The molecule has 0 aliphatic rings. The maximum Gasteiger partial charge on any atom is 0.104 e. The molecule has 0 heterocycles. The summed E-state index contributed by atoms with van der Waals surface area (Å²) in [5.74, 6) is 0. The fraction of sp³-hybridized carbons (Fsp3) is 0.250. The Kier molecular flexibility index (Phi) is 4.51. The van der Waals surface area contributed by atoms with Gasteiger partial charge in [-0.05, 0) is 24.3 Å². The fourth-order valence-corrected chi connectivity index (χ4v) is 2.48. The van der Waals surface area contributed by atoms with E-state index >= 15 is 0 Å². The molecular formula is C16H18Cl2N+. The minimum atomic E-state index is 0.784. The number of rotatable bonds is 4. The van der Waals surface area contributed by atoms with Crippen LogP contribution in [0.4, 0.5) is 0 Å². The van der Waals surface area contributed by atoms with Crippen LogP contribution in [0, 0.1) is 0 Å². The van der Waals surface area contributed by atoms with Gasteiger partial charge in [-0.2, -0.15) is 0 Å². The molecule has 0 aromatic heterocycles. The summed E-state index contributed by atoms with van der Waals surface area (Å²) in [7, 11) is 4.45. The first kappa shape index (κ1) is 14.4. The summed E-state index contributed by atoms with van der Waals surface area (Å²) in [6.07, 6.45) is 0. The molecule has 0 spiro atoms. The molecule has 1 nitrogen and oxygen atoms in total.